The van der Waals surface area contributed by atoms with Crippen LogP contribution in [0.3, 0.4) is 0 Å². The van der Waals surface area contributed by atoms with E-state index in [9.17, 15) is 9.59 Å². The van der Waals surface area contributed by atoms with Gasteiger partial charge in [-0.3, -0.25) is 9.59 Å². The second-order valence-corrected chi connectivity index (χ2v) is 9.47. The maximum absolute atomic E-state index is 12.7. The molecule has 0 bridgehead atoms. The van der Waals surface area contributed by atoms with Crippen molar-refractivity contribution >= 4 is 11.7 Å². The molecule has 22 heavy (non-hydrogen) atoms. The van der Waals surface area contributed by atoms with E-state index in [0.29, 0.717) is 5.92 Å². The van der Waals surface area contributed by atoms with E-state index in [-0.39, 0.29) is 23.0 Å². The van der Waals surface area contributed by atoms with Gasteiger partial charge in [-0.1, -0.05) is 67.2 Å². The summed E-state index contributed by atoms with van der Waals surface area (Å²) in [6.07, 6.45) is 6.25. The van der Waals surface area contributed by atoms with Gasteiger partial charge in [-0.25, -0.2) is 0 Å². The SMILES string of the molecule is CC(C)(C)C(=O)[C@@H](NC(=O)[C@@H]1C[C@@H]1C1CCCC1)C(C)(C)C. The Hall–Kier alpha value is -0.860. The summed E-state index contributed by atoms with van der Waals surface area (Å²) in [6, 6.07) is -0.398. The van der Waals surface area contributed by atoms with E-state index >= 15 is 0 Å². The number of rotatable bonds is 4. The van der Waals surface area contributed by atoms with E-state index in [1.54, 1.807) is 0 Å². The van der Waals surface area contributed by atoms with E-state index in [1.165, 1.54) is 25.7 Å². The molecule has 0 saturated heterocycles. The van der Waals surface area contributed by atoms with Crippen LogP contribution in [-0.4, -0.2) is 17.7 Å². The van der Waals surface area contributed by atoms with Gasteiger partial charge < -0.3 is 5.32 Å². The van der Waals surface area contributed by atoms with Crippen molar-refractivity contribution < 1.29 is 9.59 Å². The van der Waals surface area contributed by atoms with Crippen LogP contribution in [0.5, 0.6) is 0 Å². The molecular formula is C19H33NO2. The van der Waals surface area contributed by atoms with Crippen LogP contribution in [0.4, 0.5) is 0 Å². The lowest BCUT2D eigenvalue weighted by atomic mass is 9.75. The van der Waals surface area contributed by atoms with Crippen molar-refractivity contribution in [2.24, 2.45) is 28.6 Å². The third kappa shape index (κ3) is 3.91. The molecule has 3 heteroatoms. The Bertz CT molecular complexity index is 435. The molecule has 126 valence electrons. The Balaban J connectivity index is 1.99. The number of amides is 1. The summed E-state index contributed by atoms with van der Waals surface area (Å²) < 4.78 is 0. The van der Waals surface area contributed by atoms with Crippen molar-refractivity contribution in [3.05, 3.63) is 0 Å². The molecular weight excluding hydrogens is 274 g/mol. The van der Waals surface area contributed by atoms with Crippen LogP contribution >= 0.6 is 0 Å². The predicted octanol–water partition coefficient (Wildman–Crippen LogP) is 3.96. The lowest BCUT2D eigenvalue weighted by Gasteiger charge is -2.34. The van der Waals surface area contributed by atoms with Crippen molar-refractivity contribution in [3.8, 4) is 0 Å². The van der Waals surface area contributed by atoms with E-state index < -0.39 is 11.5 Å². The highest BCUT2D eigenvalue weighted by Gasteiger charge is 2.49. The summed E-state index contributed by atoms with van der Waals surface area (Å²) in [7, 11) is 0. The smallest absolute Gasteiger partial charge is 0.224 e. The summed E-state index contributed by atoms with van der Waals surface area (Å²) in [4.78, 5) is 25.3. The Kier molecular flexibility index (Phi) is 4.75. The topological polar surface area (TPSA) is 46.2 Å². The normalized spacial score (nSPS) is 27.5. The first kappa shape index (κ1) is 17.5. The van der Waals surface area contributed by atoms with Crippen LogP contribution in [0.15, 0.2) is 0 Å². The molecule has 1 amide bonds. The van der Waals surface area contributed by atoms with Gasteiger partial charge in [-0.2, -0.15) is 0 Å². The highest BCUT2D eigenvalue weighted by molar-refractivity contribution is 5.94. The van der Waals surface area contributed by atoms with Crippen molar-refractivity contribution in [2.75, 3.05) is 0 Å². The van der Waals surface area contributed by atoms with Crippen molar-refractivity contribution in [2.45, 2.75) is 79.7 Å². The molecule has 0 heterocycles. The van der Waals surface area contributed by atoms with E-state index in [4.69, 9.17) is 0 Å². The van der Waals surface area contributed by atoms with Crippen molar-refractivity contribution in [1.82, 2.24) is 5.32 Å². The Labute approximate surface area is 135 Å². The van der Waals surface area contributed by atoms with Crippen LogP contribution in [0.1, 0.15) is 73.6 Å². The number of hydrogen-bond acceptors (Lipinski definition) is 2. The number of hydrogen-bond donors (Lipinski definition) is 1. The third-order valence-corrected chi connectivity index (χ3v) is 5.34. The quantitative estimate of drug-likeness (QED) is 0.854. The minimum Gasteiger partial charge on any atom is -0.345 e. The molecule has 0 radical (unpaired) electrons. The molecule has 1 N–H and O–H groups in total. The number of nitrogens with one attached hydrogen (secondary N) is 1. The molecule has 2 aliphatic rings. The average Bonchev–Trinajstić information content (AvgIpc) is 2.99. The summed E-state index contributed by atoms with van der Waals surface area (Å²) in [5.41, 5.74) is -0.683. The van der Waals surface area contributed by atoms with Crippen molar-refractivity contribution in [3.63, 3.8) is 0 Å². The minimum atomic E-state index is -0.431. The van der Waals surface area contributed by atoms with E-state index in [0.717, 1.165) is 12.3 Å². The van der Waals surface area contributed by atoms with Gasteiger partial charge in [0, 0.05) is 11.3 Å². The lowest BCUT2D eigenvalue weighted by Crippen LogP contribution is -2.53. The maximum Gasteiger partial charge on any atom is 0.224 e. The van der Waals surface area contributed by atoms with E-state index in [2.05, 4.69) is 5.32 Å². The maximum atomic E-state index is 12.7. The Morgan fingerprint density at radius 2 is 1.55 bits per heavy atom. The number of ketones is 1. The average molecular weight is 307 g/mol. The zero-order valence-corrected chi connectivity index (χ0v) is 15.2. The molecule has 0 aromatic heterocycles. The first-order chi connectivity index (χ1) is 10.0. The van der Waals surface area contributed by atoms with Gasteiger partial charge in [0.05, 0.1) is 6.04 Å². The molecule has 3 atom stereocenters. The molecule has 2 aliphatic carbocycles. The molecule has 2 saturated carbocycles. The fourth-order valence-electron chi connectivity index (χ4n) is 3.78. The third-order valence-electron chi connectivity index (χ3n) is 5.34. The number of carbonyl (C=O) groups excluding carboxylic acids is 2. The molecule has 0 unspecified atom stereocenters. The monoisotopic (exact) mass is 307 g/mol. The molecule has 0 aromatic carbocycles. The van der Waals surface area contributed by atoms with Crippen LogP contribution in [0.25, 0.3) is 0 Å². The molecule has 2 rings (SSSR count). The zero-order chi connectivity index (χ0) is 16.7. The first-order valence-corrected chi connectivity index (χ1v) is 8.86. The molecule has 0 aromatic rings. The fourth-order valence-corrected chi connectivity index (χ4v) is 3.78. The molecule has 0 spiro atoms. The van der Waals surface area contributed by atoms with Gasteiger partial charge in [0.15, 0.2) is 5.78 Å². The number of carbonyl (C=O) groups is 2. The fraction of sp³-hybridized carbons (Fsp3) is 0.895. The summed E-state index contributed by atoms with van der Waals surface area (Å²) >= 11 is 0. The van der Waals surface area contributed by atoms with Gasteiger partial charge >= 0.3 is 0 Å². The highest BCUT2D eigenvalue weighted by atomic mass is 16.2. The lowest BCUT2D eigenvalue weighted by molar-refractivity contribution is -0.135. The van der Waals surface area contributed by atoms with E-state index in [1.807, 2.05) is 41.5 Å². The van der Waals surface area contributed by atoms with Gasteiger partial charge in [-0.05, 0) is 23.7 Å². The minimum absolute atomic E-state index is 0.106. The van der Waals surface area contributed by atoms with Crippen LogP contribution in [-0.2, 0) is 9.59 Å². The summed E-state index contributed by atoms with van der Waals surface area (Å²) in [5, 5.41) is 3.09. The second-order valence-electron chi connectivity index (χ2n) is 9.47. The van der Waals surface area contributed by atoms with Crippen LogP contribution in [0.2, 0.25) is 0 Å². The van der Waals surface area contributed by atoms with Crippen LogP contribution in [0, 0.1) is 28.6 Å². The van der Waals surface area contributed by atoms with Crippen molar-refractivity contribution in [1.29, 1.82) is 0 Å². The highest BCUT2D eigenvalue weighted by Crippen LogP contribution is 2.50. The Morgan fingerprint density at radius 1 is 1.00 bits per heavy atom. The number of Topliss-reactive ketones (excluding diaryl/α,β-unsaturated/α-hetero) is 1. The summed E-state index contributed by atoms with van der Waals surface area (Å²) in [6.45, 7) is 11.9. The van der Waals surface area contributed by atoms with Gasteiger partial charge in [0.2, 0.25) is 5.91 Å². The Morgan fingerprint density at radius 3 is 2.00 bits per heavy atom. The molecule has 0 aliphatic heterocycles. The predicted molar refractivity (Wildman–Crippen MR) is 89.4 cm³/mol. The largest absolute Gasteiger partial charge is 0.345 e. The van der Waals surface area contributed by atoms with Gasteiger partial charge in [-0.15, -0.1) is 0 Å². The standard InChI is InChI=1S/C19H33NO2/c1-18(2,3)15(16(21)19(4,5)6)20-17(22)14-11-13(14)12-9-7-8-10-12/h12-15H,7-11H2,1-6H3,(H,20,22)/t13-,14-,15-/m1/s1. The summed E-state index contributed by atoms with van der Waals surface area (Å²) in [5.74, 6) is 1.72. The second kappa shape index (κ2) is 5.98. The molecule has 2 fully saturated rings. The zero-order valence-electron chi connectivity index (χ0n) is 15.2. The molecule has 3 nitrogen and oxygen atoms in total. The van der Waals surface area contributed by atoms with Gasteiger partial charge in [0.25, 0.3) is 0 Å². The first-order valence-electron chi connectivity index (χ1n) is 8.86. The van der Waals surface area contributed by atoms with Gasteiger partial charge in [0.1, 0.15) is 0 Å². The van der Waals surface area contributed by atoms with Crippen LogP contribution < -0.4 is 5.32 Å².